The van der Waals surface area contributed by atoms with E-state index in [2.05, 4.69) is 15.2 Å². The Morgan fingerprint density at radius 2 is 2.20 bits per heavy atom. The number of nitrogens with two attached hydrogens (primary N) is 1. The van der Waals surface area contributed by atoms with E-state index in [0.717, 1.165) is 5.52 Å². The van der Waals surface area contributed by atoms with E-state index in [1.54, 1.807) is 12.3 Å². The first-order valence-corrected chi connectivity index (χ1v) is 3.85. The fraction of sp³-hybridized carbons (Fsp3) is 0.125. The zero-order chi connectivity index (χ0) is 9.26. The zero-order valence-corrected chi connectivity index (χ0v) is 9.27. The number of hydrogen-bond donors (Lipinski definition) is 2. The van der Waals surface area contributed by atoms with E-state index >= 15 is 0 Å². The Morgan fingerprint density at radius 3 is 2.87 bits per heavy atom. The van der Waals surface area contributed by atoms with Crippen LogP contribution < -0.4 is 5.73 Å². The minimum Gasteiger partial charge on any atom is -0.324 e. The fourth-order valence-corrected chi connectivity index (χ4v) is 1.14. The van der Waals surface area contributed by atoms with Gasteiger partial charge in [-0.1, -0.05) is 0 Å². The number of pyridine rings is 1. The number of hydrogen-bond acceptors (Lipinski definition) is 4. The van der Waals surface area contributed by atoms with Crippen LogP contribution in [0.3, 0.4) is 0 Å². The van der Waals surface area contributed by atoms with Crippen molar-refractivity contribution in [3.05, 3.63) is 24.0 Å². The van der Waals surface area contributed by atoms with E-state index in [1.165, 1.54) is 0 Å². The summed E-state index contributed by atoms with van der Waals surface area (Å²) in [5.41, 5.74) is 6.87. The van der Waals surface area contributed by atoms with Gasteiger partial charge >= 0.3 is 0 Å². The van der Waals surface area contributed by atoms with E-state index in [1.807, 2.05) is 6.07 Å². The summed E-state index contributed by atoms with van der Waals surface area (Å²) < 4.78 is 0. The zero-order valence-electron chi connectivity index (χ0n) is 7.64. The van der Waals surface area contributed by atoms with Gasteiger partial charge in [0.1, 0.15) is 5.52 Å². The molecule has 0 amide bonds. The van der Waals surface area contributed by atoms with Gasteiger partial charge in [-0.05, 0) is 12.1 Å². The van der Waals surface area contributed by atoms with Gasteiger partial charge in [0.15, 0.2) is 11.5 Å². The second kappa shape index (κ2) is 5.65. The number of fused-ring (bicyclic) bond motifs is 1. The predicted octanol–water partition coefficient (Wildman–Crippen LogP) is 0.943. The molecule has 15 heavy (non-hydrogen) atoms. The van der Waals surface area contributed by atoms with E-state index in [-0.39, 0.29) is 37.1 Å². The molecule has 0 aliphatic carbocycles. The second-order valence-electron chi connectivity index (χ2n) is 2.60. The third-order valence-electron chi connectivity index (χ3n) is 1.77. The number of aromatic amines is 1. The van der Waals surface area contributed by atoms with Crippen molar-refractivity contribution in [3.63, 3.8) is 0 Å². The molecule has 0 saturated carbocycles. The van der Waals surface area contributed by atoms with Crippen molar-refractivity contribution >= 4 is 41.6 Å². The number of aromatic nitrogens is 3. The maximum Gasteiger partial charge on any atom is 0.198 e. The number of carbonyl (C=O) groups is 1. The standard InChI is InChI=1S/C8H8N4O.2ClH/c9-4-6(13)8-7-5(11-12-8)2-1-3-10-7;;/h1-3H,4,9H2,(H,11,12);2*1H. The van der Waals surface area contributed by atoms with Crippen LogP contribution in [0.2, 0.25) is 0 Å². The Morgan fingerprint density at radius 1 is 1.47 bits per heavy atom. The molecule has 0 fully saturated rings. The molecule has 0 atom stereocenters. The number of nitrogens with one attached hydrogen (secondary N) is 1. The third kappa shape index (κ3) is 2.44. The summed E-state index contributed by atoms with van der Waals surface area (Å²) in [5, 5.41) is 6.56. The highest BCUT2D eigenvalue weighted by Gasteiger charge is 2.12. The molecule has 2 aromatic heterocycles. The number of Topliss-reactive ketones (excluding diaryl/α,β-unsaturated/α-hetero) is 1. The van der Waals surface area contributed by atoms with E-state index in [9.17, 15) is 4.79 Å². The lowest BCUT2D eigenvalue weighted by molar-refractivity contribution is 0.0998. The molecule has 82 valence electrons. The van der Waals surface area contributed by atoms with Gasteiger partial charge < -0.3 is 5.73 Å². The third-order valence-corrected chi connectivity index (χ3v) is 1.77. The molecular formula is C8H10Cl2N4O. The normalized spacial score (nSPS) is 9.13. The lowest BCUT2D eigenvalue weighted by atomic mass is 10.2. The fourth-order valence-electron chi connectivity index (χ4n) is 1.14. The Bertz CT molecular complexity index is 457. The maximum atomic E-state index is 11.2. The highest BCUT2D eigenvalue weighted by atomic mass is 35.5. The lowest BCUT2D eigenvalue weighted by Gasteiger charge is -1.90. The van der Waals surface area contributed by atoms with Crippen molar-refractivity contribution in [1.29, 1.82) is 0 Å². The van der Waals surface area contributed by atoms with Gasteiger partial charge in [-0.25, -0.2) is 0 Å². The van der Waals surface area contributed by atoms with Gasteiger partial charge in [0, 0.05) is 6.20 Å². The van der Waals surface area contributed by atoms with Crippen LogP contribution in [0.5, 0.6) is 0 Å². The number of nitrogens with zero attached hydrogens (tertiary/aromatic N) is 2. The topological polar surface area (TPSA) is 84.7 Å². The Kier molecular flexibility index (Phi) is 5.21. The molecule has 0 saturated heterocycles. The average molecular weight is 249 g/mol. The van der Waals surface area contributed by atoms with Crippen LogP contribution in [0.1, 0.15) is 10.5 Å². The molecule has 2 aromatic rings. The van der Waals surface area contributed by atoms with Crippen LogP contribution in [-0.2, 0) is 0 Å². The maximum absolute atomic E-state index is 11.2. The van der Waals surface area contributed by atoms with Crippen LogP contribution in [0.15, 0.2) is 18.3 Å². The van der Waals surface area contributed by atoms with Gasteiger partial charge in [-0.15, -0.1) is 24.8 Å². The number of rotatable bonds is 2. The molecule has 0 bridgehead atoms. The average Bonchev–Trinajstić information content (AvgIpc) is 2.60. The monoisotopic (exact) mass is 248 g/mol. The predicted molar refractivity (Wildman–Crippen MR) is 61.8 cm³/mol. The first-order chi connectivity index (χ1) is 6.33. The van der Waals surface area contributed by atoms with Crippen LogP contribution in [0.25, 0.3) is 11.0 Å². The smallest absolute Gasteiger partial charge is 0.198 e. The van der Waals surface area contributed by atoms with Gasteiger partial charge in [0.2, 0.25) is 0 Å². The first kappa shape index (κ1) is 13.8. The van der Waals surface area contributed by atoms with E-state index in [4.69, 9.17) is 5.73 Å². The summed E-state index contributed by atoms with van der Waals surface area (Å²) in [7, 11) is 0. The lowest BCUT2D eigenvalue weighted by Crippen LogP contribution is -2.14. The Hall–Kier alpha value is -1.17. The molecule has 3 N–H and O–H groups in total. The van der Waals surface area contributed by atoms with Gasteiger partial charge in [-0.2, -0.15) is 5.10 Å². The summed E-state index contributed by atoms with van der Waals surface area (Å²) in [6.07, 6.45) is 1.62. The molecule has 2 heterocycles. The molecule has 2 rings (SSSR count). The van der Waals surface area contributed by atoms with Crippen molar-refractivity contribution in [2.24, 2.45) is 5.73 Å². The van der Waals surface area contributed by atoms with Crippen molar-refractivity contribution < 1.29 is 4.79 Å². The van der Waals surface area contributed by atoms with Gasteiger partial charge in [-0.3, -0.25) is 14.9 Å². The largest absolute Gasteiger partial charge is 0.324 e. The highest BCUT2D eigenvalue weighted by Crippen LogP contribution is 2.11. The number of ketones is 1. The summed E-state index contributed by atoms with van der Waals surface area (Å²) in [5.74, 6) is -0.204. The van der Waals surface area contributed by atoms with E-state index < -0.39 is 0 Å². The highest BCUT2D eigenvalue weighted by molar-refractivity contribution is 6.05. The van der Waals surface area contributed by atoms with Crippen molar-refractivity contribution in [2.75, 3.05) is 6.54 Å². The molecule has 7 heteroatoms. The van der Waals surface area contributed by atoms with Crippen molar-refractivity contribution in [1.82, 2.24) is 15.2 Å². The molecule has 0 aromatic carbocycles. The first-order valence-electron chi connectivity index (χ1n) is 3.85. The Labute approximate surface area is 98.3 Å². The summed E-state index contributed by atoms with van der Waals surface area (Å²) >= 11 is 0. The molecule has 0 unspecified atom stereocenters. The minimum absolute atomic E-state index is 0. The quantitative estimate of drug-likeness (QED) is 0.776. The molecular weight excluding hydrogens is 239 g/mol. The van der Waals surface area contributed by atoms with Crippen molar-refractivity contribution in [2.45, 2.75) is 0 Å². The Balaban J connectivity index is 0.000000980. The van der Waals surface area contributed by atoms with Gasteiger partial charge in [0.05, 0.1) is 12.1 Å². The van der Waals surface area contributed by atoms with Crippen LogP contribution in [0.4, 0.5) is 0 Å². The van der Waals surface area contributed by atoms with Crippen LogP contribution >= 0.6 is 24.8 Å². The summed E-state index contributed by atoms with van der Waals surface area (Å²) in [6, 6.07) is 3.58. The second-order valence-corrected chi connectivity index (χ2v) is 2.60. The van der Waals surface area contributed by atoms with Crippen LogP contribution in [-0.4, -0.2) is 27.5 Å². The number of halogens is 2. The molecule has 0 aliphatic rings. The SMILES string of the molecule is Cl.Cl.NCC(=O)c1n[nH]c2cccnc12. The van der Waals surface area contributed by atoms with Crippen LogP contribution in [0, 0.1) is 0 Å². The number of H-pyrrole nitrogens is 1. The van der Waals surface area contributed by atoms with E-state index in [0.29, 0.717) is 11.2 Å². The molecule has 5 nitrogen and oxygen atoms in total. The molecule has 0 radical (unpaired) electrons. The molecule has 0 aliphatic heterocycles. The number of carbonyl (C=O) groups excluding carboxylic acids is 1. The van der Waals surface area contributed by atoms with Crippen molar-refractivity contribution in [3.8, 4) is 0 Å². The van der Waals surface area contributed by atoms with Gasteiger partial charge in [0.25, 0.3) is 0 Å². The summed E-state index contributed by atoms with van der Waals surface area (Å²) in [4.78, 5) is 15.3. The summed E-state index contributed by atoms with van der Waals surface area (Å²) in [6.45, 7) is -0.0451. The molecule has 0 spiro atoms. The minimum atomic E-state index is -0.204.